The molecule has 0 radical (unpaired) electrons. The van der Waals surface area contributed by atoms with Crippen molar-refractivity contribution in [3.05, 3.63) is 71.7 Å². The largest absolute Gasteiger partial charge is 0.322 e. The van der Waals surface area contributed by atoms with Crippen molar-refractivity contribution < 1.29 is 0 Å². The predicted molar refractivity (Wildman–Crippen MR) is 105 cm³/mol. The van der Waals surface area contributed by atoms with Crippen LogP contribution >= 0.6 is 11.3 Å². The second-order valence-corrected chi connectivity index (χ2v) is 7.40. The summed E-state index contributed by atoms with van der Waals surface area (Å²) < 4.78 is 0. The number of hydrogen-bond acceptors (Lipinski definition) is 3. The van der Waals surface area contributed by atoms with Crippen LogP contribution in [0.1, 0.15) is 4.88 Å². The zero-order valence-electron chi connectivity index (χ0n) is 13.7. The Morgan fingerprint density at radius 3 is 2.72 bits per heavy atom. The molecule has 0 spiro atoms. The van der Waals surface area contributed by atoms with Crippen molar-refractivity contribution >= 4 is 33.3 Å². The van der Waals surface area contributed by atoms with Gasteiger partial charge < -0.3 is 4.98 Å². The summed E-state index contributed by atoms with van der Waals surface area (Å²) in [6.45, 7) is 2.10. The van der Waals surface area contributed by atoms with E-state index in [-0.39, 0.29) is 0 Å². The number of aromatic amines is 1. The average Bonchev–Trinajstić information content (AvgIpc) is 3.26. The van der Waals surface area contributed by atoms with E-state index in [9.17, 15) is 0 Å². The zero-order valence-corrected chi connectivity index (χ0v) is 14.5. The second kappa shape index (κ2) is 5.53. The van der Waals surface area contributed by atoms with Crippen LogP contribution in [0.2, 0.25) is 0 Å². The van der Waals surface area contributed by atoms with Crippen LogP contribution in [0.15, 0.2) is 66.9 Å². The Morgan fingerprint density at radius 2 is 1.84 bits per heavy atom. The highest BCUT2D eigenvalue weighted by molar-refractivity contribution is 7.15. The average molecular weight is 341 g/mol. The van der Waals surface area contributed by atoms with E-state index in [1.165, 1.54) is 21.2 Å². The summed E-state index contributed by atoms with van der Waals surface area (Å²) in [6.07, 6.45) is 1.92. The molecule has 2 aromatic carbocycles. The molecule has 0 unspecified atom stereocenters. The number of H-pyrrole nitrogens is 1. The second-order valence-electron chi connectivity index (χ2n) is 6.11. The van der Waals surface area contributed by atoms with Gasteiger partial charge in [-0.15, -0.1) is 11.3 Å². The van der Waals surface area contributed by atoms with Gasteiger partial charge in [0, 0.05) is 16.6 Å². The number of pyridine rings is 1. The molecule has 5 rings (SSSR count). The molecular formula is C21H15N3S. The minimum atomic E-state index is 0.824. The first-order valence-electron chi connectivity index (χ1n) is 8.19. The van der Waals surface area contributed by atoms with E-state index >= 15 is 0 Å². The van der Waals surface area contributed by atoms with Gasteiger partial charge in [-0.25, -0.2) is 9.97 Å². The maximum Gasteiger partial charge on any atom is 0.157 e. The number of nitrogens with one attached hydrogen (secondary N) is 1. The topological polar surface area (TPSA) is 41.6 Å². The van der Waals surface area contributed by atoms with E-state index < -0.39 is 0 Å². The molecule has 5 aromatic rings. The molecule has 3 heterocycles. The molecule has 0 aliphatic carbocycles. The van der Waals surface area contributed by atoms with E-state index in [4.69, 9.17) is 4.98 Å². The molecule has 25 heavy (non-hydrogen) atoms. The molecule has 0 atom stereocenters. The van der Waals surface area contributed by atoms with Crippen LogP contribution in [0.4, 0.5) is 0 Å². The van der Waals surface area contributed by atoms with Crippen molar-refractivity contribution in [2.45, 2.75) is 6.92 Å². The van der Waals surface area contributed by atoms with Gasteiger partial charge in [-0.05, 0) is 41.5 Å². The van der Waals surface area contributed by atoms with Crippen LogP contribution in [0.25, 0.3) is 43.8 Å². The number of aryl methyl sites for hydroxylation is 1. The van der Waals surface area contributed by atoms with Crippen molar-refractivity contribution in [1.82, 2.24) is 15.0 Å². The molecule has 0 fully saturated rings. The Balaban J connectivity index is 1.67. The number of thiophene rings is 1. The quantitative estimate of drug-likeness (QED) is 0.440. The highest BCUT2D eigenvalue weighted by Crippen LogP contribution is 2.31. The van der Waals surface area contributed by atoms with Crippen molar-refractivity contribution in [1.29, 1.82) is 0 Å². The first-order valence-corrected chi connectivity index (χ1v) is 9.00. The van der Waals surface area contributed by atoms with Gasteiger partial charge in [-0.1, -0.05) is 42.5 Å². The molecule has 0 saturated heterocycles. The molecule has 120 valence electrons. The van der Waals surface area contributed by atoms with Gasteiger partial charge in [-0.3, -0.25) is 0 Å². The highest BCUT2D eigenvalue weighted by atomic mass is 32.1. The normalized spacial score (nSPS) is 11.4. The fourth-order valence-corrected chi connectivity index (χ4v) is 4.01. The van der Waals surface area contributed by atoms with Gasteiger partial charge in [-0.2, -0.15) is 0 Å². The lowest BCUT2D eigenvalue weighted by molar-refractivity contribution is 1.31. The highest BCUT2D eigenvalue weighted by Gasteiger charge is 2.10. The lowest BCUT2D eigenvalue weighted by Crippen LogP contribution is -1.84. The van der Waals surface area contributed by atoms with E-state index in [2.05, 4.69) is 77.6 Å². The maximum atomic E-state index is 4.75. The van der Waals surface area contributed by atoms with Gasteiger partial charge in [0.1, 0.15) is 11.3 Å². The summed E-state index contributed by atoms with van der Waals surface area (Å²) >= 11 is 1.74. The number of benzene rings is 2. The number of nitrogens with zero attached hydrogens (tertiary/aromatic N) is 2. The Kier molecular flexibility index (Phi) is 3.18. The molecule has 0 saturated carbocycles. The number of hydrogen-bond donors (Lipinski definition) is 1. The molecule has 3 aromatic heterocycles. The smallest absolute Gasteiger partial charge is 0.157 e. The Bertz CT molecular complexity index is 1210. The Hall–Kier alpha value is -2.98. The van der Waals surface area contributed by atoms with Gasteiger partial charge in [0.2, 0.25) is 0 Å². The predicted octanol–water partition coefficient (Wildman–Crippen LogP) is 5.82. The number of fused-ring (bicyclic) bond motifs is 2. The van der Waals surface area contributed by atoms with Crippen molar-refractivity contribution in [2.24, 2.45) is 0 Å². The van der Waals surface area contributed by atoms with E-state index in [0.29, 0.717) is 0 Å². The third-order valence-electron chi connectivity index (χ3n) is 4.41. The lowest BCUT2D eigenvalue weighted by Gasteiger charge is -2.06. The van der Waals surface area contributed by atoms with Crippen LogP contribution in [0, 0.1) is 6.92 Å². The molecule has 0 bridgehead atoms. The third-order valence-corrected chi connectivity index (χ3v) is 5.42. The molecule has 0 aliphatic rings. The fourth-order valence-electron chi connectivity index (χ4n) is 3.20. The fraction of sp³-hybridized carbons (Fsp3) is 0.0476. The third kappa shape index (κ3) is 2.42. The molecule has 0 aliphatic heterocycles. The van der Waals surface area contributed by atoms with Crippen molar-refractivity contribution in [2.75, 3.05) is 0 Å². The molecule has 0 amide bonds. The SMILES string of the molecule is Cc1ccc(-c2nc3cc(-c4cccc5ccccc45)cnc3[nH]2)s1. The molecule has 4 heteroatoms. The molecule has 1 N–H and O–H groups in total. The Labute approximate surface area is 149 Å². The Morgan fingerprint density at radius 1 is 0.960 bits per heavy atom. The van der Waals surface area contributed by atoms with E-state index in [1.807, 2.05) is 6.20 Å². The summed E-state index contributed by atoms with van der Waals surface area (Å²) in [5, 5.41) is 2.47. The van der Waals surface area contributed by atoms with Crippen LogP contribution in [-0.2, 0) is 0 Å². The number of imidazole rings is 1. The van der Waals surface area contributed by atoms with Crippen LogP contribution < -0.4 is 0 Å². The minimum absolute atomic E-state index is 0.824. The van der Waals surface area contributed by atoms with Crippen LogP contribution in [0.3, 0.4) is 0 Å². The van der Waals surface area contributed by atoms with Crippen molar-refractivity contribution in [3.63, 3.8) is 0 Å². The monoisotopic (exact) mass is 341 g/mol. The van der Waals surface area contributed by atoms with Gasteiger partial charge in [0.15, 0.2) is 5.65 Å². The lowest BCUT2D eigenvalue weighted by atomic mass is 9.99. The number of rotatable bonds is 2. The first kappa shape index (κ1) is 14.4. The van der Waals surface area contributed by atoms with Gasteiger partial charge >= 0.3 is 0 Å². The zero-order chi connectivity index (χ0) is 16.8. The summed E-state index contributed by atoms with van der Waals surface area (Å²) in [5.74, 6) is 0.885. The summed E-state index contributed by atoms with van der Waals surface area (Å²) in [7, 11) is 0. The van der Waals surface area contributed by atoms with Gasteiger partial charge in [0.05, 0.1) is 4.88 Å². The van der Waals surface area contributed by atoms with Crippen LogP contribution in [0.5, 0.6) is 0 Å². The molecular weight excluding hydrogens is 326 g/mol. The minimum Gasteiger partial charge on any atom is -0.322 e. The maximum absolute atomic E-state index is 4.75. The van der Waals surface area contributed by atoms with Crippen LogP contribution in [-0.4, -0.2) is 15.0 Å². The first-order chi connectivity index (χ1) is 12.3. The molecule has 3 nitrogen and oxygen atoms in total. The van der Waals surface area contributed by atoms with E-state index in [1.54, 1.807) is 11.3 Å². The van der Waals surface area contributed by atoms with Crippen molar-refractivity contribution in [3.8, 4) is 21.8 Å². The van der Waals surface area contributed by atoms with Gasteiger partial charge in [0.25, 0.3) is 0 Å². The number of aromatic nitrogens is 3. The summed E-state index contributed by atoms with van der Waals surface area (Å²) in [5.41, 5.74) is 3.99. The summed E-state index contributed by atoms with van der Waals surface area (Å²) in [6, 6.07) is 21.1. The summed E-state index contributed by atoms with van der Waals surface area (Å²) in [4.78, 5) is 15.1. The van der Waals surface area contributed by atoms with E-state index in [0.717, 1.165) is 27.4 Å². The standard InChI is InChI=1S/C21H15N3S/c1-13-9-10-19(25-13)21-23-18-11-15(12-22-20(18)24-21)17-8-4-6-14-5-2-3-7-16(14)17/h2-12H,1H3,(H,22,23,24).